The molecule has 0 spiro atoms. The molecule has 14 heavy (non-hydrogen) atoms. The van der Waals surface area contributed by atoms with E-state index in [1.807, 2.05) is 0 Å². The summed E-state index contributed by atoms with van der Waals surface area (Å²) in [7, 11) is 0. The van der Waals surface area contributed by atoms with E-state index in [9.17, 15) is 0 Å². The smallest absolute Gasteiger partial charge is 0.0442 e. The average Bonchev–Trinajstić information content (AvgIpc) is 2.84. The van der Waals surface area contributed by atoms with Crippen molar-refractivity contribution in [1.82, 2.24) is 5.43 Å². The van der Waals surface area contributed by atoms with Crippen LogP contribution < -0.4 is 11.3 Å². The molecule has 0 heterocycles. The van der Waals surface area contributed by atoms with E-state index in [1.54, 1.807) is 6.21 Å². The molecule has 0 radical (unpaired) electrons. The van der Waals surface area contributed by atoms with E-state index >= 15 is 0 Å². The molecule has 2 fully saturated rings. The number of nitrogens with two attached hydrogens (primary N) is 1. The molecule has 0 saturated heterocycles. The zero-order chi connectivity index (χ0) is 10.3. The number of hydrogen-bond donors (Lipinski definition) is 3. The first kappa shape index (κ1) is 9.46. The summed E-state index contributed by atoms with van der Waals surface area (Å²) in [6.45, 7) is 5.93. The van der Waals surface area contributed by atoms with Crippen molar-refractivity contribution in [1.29, 1.82) is 5.41 Å². The molecule has 0 aromatic rings. The Morgan fingerprint density at radius 1 is 1.79 bits per heavy atom. The van der Waals surface area contributed by atoms with Crippen LogP contribution in [-0.2, 0) is 0 Å². The third-order valence-electron chi connectivity index (χ3n) is 3.79. The average molecular weight is 191 g/mol. The molecular weight excluding hydrogens is 174 g/mol. The van der Waals surface area contributed by atoms with E-state index in [-0.39, 0.29) is 5.41 Å². The van der Waals surface area contributed by atoms with Crippen molar-refractivity contribution in [3.63, 3.8) is 0 Å². The summed E-state index contributed by atoms with van der Waals surface area (Å²) in [6, 6.07) is 0. The Bertz CT molecular complexity index is 329. The van der Waals surface area contributed by atoms with Crippen LogP contribution in [0.4, 0.5) is 0 Å². The lowest BCUT2D eigenvalue weighted by Gasteiger charge is -2.09. The van der Waals surface area contributed by atoms with E-state index in [1.165, 1.54) is 11.1 Å². The van der Waals surface area contributed by atoms with Crippen LogP contribution in [0.2, 0.25) is 0 Å². The van der Waals surface area contributed by atoms with E-state index in [0.29, 0.717) is 5.92 Å². The standard InChI is InChI=1S/C11H17N3/c1-7(8(2)14-13)9-3-4-11(6-12)5-10(9)11/h6,10,12,14H,2-5,13H2,1H3/b9-7+,12-6?. The molecule has 76 valence electrons. The SMILES string of the molecule is C=C(NN)/C(C)=C1\CCC2(C=N)CC12. The van der Waals surface area contributed by atoms with Gasteiger partial charge >= 0.3 is 0 Å². The first-order valence-electron chi connectivity index (χ1n) is 5.02. The number of allylic oxidation sites excluding steroid dienone is 2. The molecule has 0 amide bonds. The van der Waals surface area contributed by atoms with Gasteiger partial charge in [-0.2, -0.15) is 0 Å². The highest BCUT2D eigenvalue weighted by atomic mass is 15.2. The highest BCUT2D eigenvalue weighted by Crippen LogP contribution is 2.65. The second-order valence-corrected chi connectivity index (χ2v) is 4.41. The molecule has 2 aliphatic rings. The Morgan fingerprint density at radius 3 is 2.93 bits per heavy atom. The van der Waals surface area contributed by atoms with Crippen molar-refractivity contribution in [2.45, 2.75) is 26.2 Å². The maximum Gasteiger partial charge on any atom is 0.0442 e. The summed E-state index contributed by atoms with van der Waals surface area (Å²) in [6.07, 6.45) is 5.02. The second-order valence-electron chi connectivity index (χ2n) is 4.41. The highest BCUT2D eigenvalue weighted by Gasteiger charge is 2.58. The van der Waals surface area contributed by atoms with Crippen LogP contribution in [0.25, 0.3) is 0 Å². The number of nitrogens with one attached hydrogen (secondary N) is 2. The van der Waals surface area contributed by atoms with Gasteiger partial charge in [0.25, 0.3) is 0 Å². The number of hydrogen-bond acceptors (Lipinski definition) is 3. The van der Waals surface area contributed by atoms with Crippen LogP contribution in [0.5, 0.6) is 0 Å². The van der Waals surface area contributed by atoms with Crippen molar-refractivity contribution in [2.24, 2.45) is 17.2 Å². The Hall–Kier alpha value is -1.09. The van der Waals surface area contributed by atoms with Crippen molar-refractivity contribution < 1.29 is 0 Å². The Kier molecular flexibility index (Phi) is 2.00. The van der Waals surface area contributed by atoms with E-state index in [4.69, 9.17) is 11.3 Å². The van der Waals surface area contributed by atoms with Crippen LogP contribution >= 0.6 is 0 Å². The third-order valence-corrected chi connectivity index (χ3v) is 3.79. The van der Waals surface area contributed by atoms with Crippen molar-refractivity contribution in [2.75, 3.05) is 0 Å². The van der Waals surface area contributed by atoms with Crippen LogP contribution in [0.1, 0.15) is 26.2 Å². The minimum atomic E-state index is 0.214. The summed E-state index contributed by atoms with van der Waals surface area (Å²) in [5, 5.41) is 7.41. The Labute approximate surface area is 84.5 Å². The normalized spacial score (nSPS) is 37.4. The maximum atomic E-state index is 7.41. The highest BCUT2D eigenvalue weighted by molar-refractivity contribution is 5.71. The monoisotopic (exact) mass is 191 g/mol. The van der Waals surface area contributed by atoms with Gasteiger partial charge in [-0.3, -0.25) is 5.84 Å². The molecule has 4 N–H and O–H groups in total. The summed E-state index contributed by atoms with van der Waals surface area (Å²) >= 11 is 0. The van der Waals surface area contributed by atoms with E-state index < -0.39 is 0 Å². The Balaban J connectivity index is 2.23. The molecule has 3 heteroatoms. The topological polar surface area (TPSA) is 61.9 Å². The quantitative estimate of drug-likeness (QED) is 0.361. The van der Waals surface area contributed by atoms with Gasteiger partial charge in [-0.15, -0.1) is 0 Å². The van der Waals surface area contributed by atoms with Gasteiger partial charge in [-0.1, -0.05) is 12.2 Å². The summed E-state index contributed by atoms with van der Waals surface area (Å²) in [5.74, 6) is 5.94. The van der Waals surface area contributed by atoms with Crippen LogP contribution in [0, 0.1) is 16.7 Å². The fourth-order valence-corrected chi connectivity index (χ4v) is 2.59. The number of rotatable bonds is 3. The third kappa shape index (κ3) is 1.12. The molecule has 0 aromatic carbocycles. The fraction of sp³-hybridized carbons (Fsp3) is 0.545. The van der Waals surface area contributed by atoms with Crippen molar-refractivity contribution >= 4 is 6.21 Å². The van der Waals surface area contributed by atoms with Gasteiger partial charge in [-0.05, 0) is 37.7 Å². The minimum absolute atomic E-state index is 0.214. The zero-order valence-corrected chi connectivity index (χ0v) is 8.56. The van der Waals surface area contributed by atoms with Gasteiger partial charge < -0.3 is 10.8 Å². The maximum absolute atomic E-state index is 7.41. The molecule has 2 rings (SSSR count). The second kappa shape index (κ2) is 2.95. The molecule has 3 nitrogen and oxygen atoms in total. The predicted octanol–water partition coefficient (Wildman–Crippen LogP) is 1.73. The lowest BCUT2D eigenvalue weighted by molar-refractivity contribution is 0.676. The van der Waals surface area contributed by atoms with Gasteiger partial charge in [0.1, 0.15) is 0 Å². The van der Waals surface area contributed by atoms with Crippen LogP contribution in [0.15, 0.2) is 23.4 Å². The molecule has 2 unspecified atom stereocenters. The lowest BCUT2D eigenvalue weighted by atomic mass is 10.0. The molecule has 2 saturated carbocycles. The van der Waals surface area contributed by atoms with Crippen LogP contribution in [-0.4, -0.2) is 6.21 Å². The molecular formula is C11H17N3. The first-order chi connectivity index (χ1) is 6.64. The van der Waals surface area contributed by atoms with Crippen molar-refractivity contribution in [3.8, 4) is 0 Å². The summed E-state index contributed by atoms with van der Waals surface area (Å²) in [5.41, 5.74) is 6.28. The largest absolute Gasteiger partial charge is 0.324 e. The van der Waals surface area contributed by atoms with Gasteiger partial charge in [0.2, 0.25) is 0 Å². The summed E-state index contributed by atoms with van der Waals surface area (Å²) < 4.78 is 0. The van der Waals surface area contributed by atoms with E-state index in [0.717, 1.165) is 25.0 Å². The number of hydrazine groups is 1. The van der Waals surface area contributed by atoms with E-state index in [2.05, 4.69) is 18.9 Å². The van der Waals surface area contributed by atoms with Crippen LogP contribution in [0.3, 0.4) is 0 Å². The van der Waals surface area contributed by atoms with Crippen molar-refractivity contribution in [3.05, 3.63) is 23.4 Å². The van der Waals surface area contributed by atoms with Gasteiger partial charge in [-0.25, -0.2) is 0 Å². The van der Waals surface area contributed by atoms with Gasteiger partial charge in [0.05, 0.1) is 0 Å². The molecule has 0 aromatic heterocycles. The number of fused-ring (bicyclic) bond motifs is 1. The Morgan fingerprint density at radius 2 is 2.50 bits per heavy atom. The molecule has 2 aliphatic carbocycles. The summed E-state index contributed by atoms with van der Waals surface area (Å²) in [4.78, 5) is 0. The molecule has 0 bridgehead atoms. The lowest BCUT2D eigenvalue weighted by Crippen LogP contribution is -2.21. The molecule has 0 aliphatic heterocycles. The minimum Gasteiger partial charge on any atom is -0.324 e. The predicted molar refractivity (Wildman–Crippen MR) is 57.7 cm³/mol. The fourth-order valence-electron chi connectivity index (χ4n) is 2.59. The van der Waals surface area contributed by atoms with Gasteiger partial charge in [0.15, 0.2) is 0 Å². The zero-order valence-electron chi connectivity index (χ0n) is 8.56. The first-order valence-corrected chi connectivity index (χ1v) is 5.02. The molecule has 2 atom stereocenters. The van der Waals surface area contributed by atoms with Gasteiger partial charge in [0, 0.05) is 17.3 Å².